The van der Waals surface area contributed by atoms with Crippen LogP contribution in [0.15, 0.2) is 60.8 Å². The van der Waals surface area contributed by atoms with Crippen molar-refractivity contribution >= 4 is 40.5 Å². The third kappa shape index (κ3) is 7.52. The average Bonchev–Trinajstić information content (AvgIpc) is 3.63. The van der Waals surface area contributed by atoms with Gasteiger partial charge < -0.3 is 37.1 Å². The van der Waals surface area contributed by atoms with E-state index < -0.39 is 53.8 Å². The minimum absolute atomic E-state index is 0.00322. The fourth-order valence-corrected chi connectivity index (χ4v) is 5.25. The van der Waals surface area contributed by atoms with Gasteiger partial charge in [-0.25, -0.2) is 4.79 Å². The number of para-hydroxylation sites is 1. The number of rotatable bonds is 13. The predicted octanol–water partition coefficient (Wildman–Crippen LogP) is 0.591. The second-order valence-corrected chi connectivity index (χ2v) is 10.5. The molecule has 3 aromatic rings. The minimum Gasteiger partial charge on any atom is -0.480 e. The number of nitrogens with two attached hydrogens (primary N) is 2. The molecule has 222 valence electrons. The Balaban J connectivity index is 1.60. The number of aromatic nitrogens is 1. The van der Waals surface area contributed by atoms with Crippen molar-refractivity contribution in [2.45, 2.75) is 62.7 Å². The van der Waals surface area contributed by atoms with Crippen molar-refractivity contribution in [1.82, 2.24) is 20.5 Å². The highest BCUT2D eigenvalue weighted by molar-refractivity contribution is 5.95. The standard InChI is InChI=1S/C30H36N6O6/c31-21(12-13-26(32)37)27(38)34-23(16-19-17-33-22-10-5-4-9-20(19)22)28(39)35-24(15-18-7-2-1-3-8-18)29(40)36-14-6-11-25(36)30(41)42/h1-5,7-10,17,21,23-25,33H,6,11-16,31H2,(H2,32,37)(H,34,38)(H,35,39)(H,41,42). The Bertz CT molecular complexity index is 1440. The van der Waals surface area contributed by atoms with E-state index in [4.69, 9.17) is 11.5 Å². The van der Waals surface area contributed by atoms with Crippen LogP contribution in [-0.4, -0.2) is 75.3 Å². The molecule has 2 heterocycles. The molecule has 4 amide bonds. The molecule has 12 heteroatoms. The quantitative estimate of drug-likeness (QED) is 0.171. The van der Waals surface area contributed by atoms with Crippen molar-refractivity contribution < 1.29 is 29.1 Å². The molecule has 1 aliphatic rings. The maximum absolute atomic E-state index is 13.8. The predicted molar refractivity (Wildman–Crippen MR) is 155 cm³/mol. The van der Waals surface area contributed by atoms with E-state index in [1.165, 1.54) is 4.90 Å². The molecule has 0 spiro atoms. The van der Waals surface area contributed by atoms with Gasteiger partial charge in [0.2, 0.25) is 23.6 Å². The van der Waals surface area contributed by atoms with Gasteiger partial charge in [0.25, 0.3) is 0 Å². The van der Waals surface area contributed by atoms with Crippen LogP contribution in [0.5, 0.6) is 0 Å². The van der Waals surface area contributed by atoms with Crippen molar-refractivity contribution in [3.8, 4) is 0 Å². The Hall–Kier alpha value is -4.71. The lowest BCUT2D eigenvalue weighted by Crippen LogP contribution is -2.58. The zero-order chi connectivity index (χ0) is 30.2. The van der Waals surface area contributed by atoms with Gasteiger partial charge in [-0.05, 0) is 36.5 Å². The molecule has 0 saturated carbocycles. The summed E-state index contributed by atoms with van der Waals surface area (Å²) in [4.78, 5) is 68.0. The van der Waals surface area contributed by atoms with Gasteiger partial charge in [-0.15, -0.1) is 0 Å². The summed E-state index contributed by atoms with van der Waals surface area (Å²) in [6, 6.07) is 12.3. The van der Waals surface area contributed by atoms with E-state index in [0.29, 0.717) is 12.8 Å². The van der Waals surface area contributed by atoms with Crippen LogP contribution in [0.1, 0.15) is 36.8 Å². The molecule has 0 bridgehead atoms. The number of carboxylic acids is 1. The first-order chi connectivity index (χ1) is 20.1. The van der Waals surface area contributed by atoms with E-state index in [9.17, 15) is 29.1 Å². The molecule has 12 nitrogen and oxygen atoms in total. The molecular formula is C30H36N6O6. The average molecular weight is 577 g/mol. The summed E-state index contributed by atoms with van der Waals surface area (Å²) in [5.41, 5.74) is 13.6. The summed E-state index contributed by atoms with van der Waals surface area (Å²) < 4.78 is 0. The lowest BCUT2D eigenvalue weighted by Gasteiger charge is -2.29. The van der Waals surface area contributed by atoms with Crippen LogP contribution in [0.4, 0.5) is 0 Å². The maximum Gasteiger partial charge on any atom is 0.326 e. The zero-order valence-corrected chi connectivity index (χ0v) is 23.1. The van der Waals surface area contributed by atoms with Gasteiger partial charge >= 0.3 is 5.97 Å². The van der Waals surface area contributed by atoms with E-state index in [1.807, 2.05) is 54.6 Å². The van der Waals surface area contributed by atoms with Crippen LogP contribution in [0.25, 0.3) is 10.9 Å². The number of carbonyl (C=O) groups is 5. The molecule has 0 aliphatic carbocycles. The molecule has 8 N–H and O–H groups in total. The summed E-state index contributed by atoms with van der Waals surface area (Å²) in [6.45, 7) is 0.265. The van der Waals surface area contributed by atoms with Gasteiger partial charge in [0.1, 0.15) is 18.1 Å². The molecule has 4 atom stereocenters. The van der Waals surface area contributed by atoms with E-state index in [-0.39, 0.29) is 32.2 Å². The highest BCUT2D eigenvalue weighted by Crippen LogP contribution is 2.21. The molecule has 1 fully saturated rings. The summed E-state index contributed by atoms with van der Waals surface area (Å²) in [7, 11) is 0. The Kier molecular flexibility index (Phi) is 9.92. The maximum atomic E-state index is 13.8. The molecule has 4 unspecified atom stereocenters. The number of fused-ring (bicyclic) bond motifs is 1. The second-order valence-electron chi connectivity index (χ2n) is 10.5. The number of benzene rings is 2. The van der Waals surface area contributed by atoms with Gasteiger partial charge in [0, 0.05) is 42.9 Å². The van der Waals surface area contributed by atoms with E-state index >= 15 is 0 Å². The number of nitrogens with one attached hydrogen (secondary N) is 3. The van der Waals surface area contributed by atoms with Crippen molar-refractivity contribution in [2.75, 3.05) is 6.54 Å². The normalized spacial score (nSPS) is 16.9. The highest BCUT2D eigenvalue weighted by Gasteiger charge is 2.38. The summed E-state index contributed by atoms with van der Waals surface area (Å²) in [6.07, 6.45) is 2.73. The van der Waals surface area contributed by atoms with Crippen LogP contribution >= 0.6 is 0 Å². The van der Waals surface area contributed by atoms with Crippen molar-refractivity contribution in [2.24, 2.45) is 11.5 Å². The number of primary amides is 1. The van der Waals surface area contributed by atoms with Crippen molar-refractivity contribution in [3.63, 3.8) is 0 Å². The largest absolute Gasteiger partial charge is 0.480 e. The van der Waals surface area contributed by atoms with Crippen molar-refractivity contribution in [1.29, 1.82) is 0 Å². The number of likely N-dealkylation sites (tertiary alicyclic amines) is 1. The lowest BCUT2D eigenvalue weighted by atomic mass is 10.0. The van der Waals surface area contributed by atoms with Crippen molar-refractivity contribution in [3.05, 3.63) is 71.9 Å². The Morgan fingerprint density at radius 1 is 0.952 bits per heavy atom. The third-order valence-corrected chi connectivity index (χ3v) is 7.49. The SMILES string of the molecule is NC(=O)CCC(N)C(=O)NC(Cc1c[nH]c2ccccc12)C(=O)NC(Cc1ccccc1)C(=O)N1CCCC1C(=O)O. The molecule has 1 saturated heterocycles. The first kappa shape index (κ1) is 30.3. The number of hydrogen-bond donors (Lipinski definition) is 6. The molecule has 42 heavy (non-hydrogen) atoms. The summed E-state index contributed by atoms with van der Waals surface area (Å²) >= 11 is 0. The Morgan fingerprint density at radius 2 is 1.64 bits per heavy atom. The van der Waals surface area contributed by atoms with Crippen LogP contribution in [0, 0.1) is 0 Å². The monoisotopic (exact) mass is 576 g/mol. The zero-order valence-electron chi connectivity index (χ0n) is 23.1. The number of amides is 4. The smallest absolute Gasteiger partial charge is 0.326 e. The first-order valence-electron chi connectivity index (χ1n) is 13.9. The lowest BCUT2D eigenvalue weighted by molar-refractivity contribution is -0.149. The van der Waals surface area contributed by atoms with Crippen LogP contribution in [0.2, 0.25) is 0 Å². The van der Waals surface area contributed by atoms with Gasteiger partial charge in [-0.2, -0.15) is 0 Å². The van der Waals surface area contributed by atoms with Gasteiger partial charge in [0.05, 0.1) is 6.04 Å². The highest BCUT2D eigenvalue weighted by atomic mass is 16.4. The molecule has 1 aromatic heterocycles. The number of nitrogens with zero attached hydrogens (tertiary/aromatic N) is 1. The number of H-pyrrole nitrogens is 1. The molecule has 4 rings (SSSR count). The molecule has 0 radical (unpaired) electrons. The molecule has 1 aliphatic heterocycles. The fraction of sp³-hybridized carbons (Fsp3) is 0.367. The fourth-order valence-electron chi connectivity index (χ4n) is 5.25. The van der Waals surface area contributed by atoms with Gasteiger partial charge in [-0.1, -0.05) is 48.5 Å². The van der Waals surface area contributed by atoms with Crippen LogP contribution < -0.4 is 22.1 Å². The summed E-state index contributed by atoms with van der Waals surface area (Å²) in [5.74, 6) is -3.48. The molecular weight excluding hydrogens is 540 g/mol. The number of aliphatic carboxylic acids is 1. The van der Waals surface area contributed by atoms with E-state index in [2.05, 4.69) is 15.6 Å². The third-order valence-electron chi connectivity index (χ3n) is 7.49. The van der Waals surface area contributed by atoms with Crippen LogP contribution in [-0.2, 0) is 36.8 Å². The number of aromatic amines is 1. The number of carbonyl (C=O) groups excluding carboxylic acids is 4. The Labute approximate surface area is 242 Å². The van der Waals surface area contributed by atoms with Crippen LogP contribution in [0.3, 0.4) is 0 Å². The van der Waals surface area contributed by atoms with Gasteiger partial charge in [-0.3, -0.25) is 19.2 Å². The second kappa shape index (κ2) is 13.8. The Morgan fingerprint density at radius 3 is 2.36 bits per heavy atom. The van der Waals surface area contributed by atoms with E-state index in [1.54, 1.807) is 6.20 Å². The number of hydrogen-bond acceptors (Lipinski definition) is 6. The topological polar surface area (TPSA) is 201 Å². The van der Waals surface area contributed by atoms with Gasteiger partial charge in [0.15, 0.2) is 0 Å². The number of carboxylic acid groups (broad SMARTS) is 1. The van der Waals surface area contributed by atoms with E-state index in [0.717, 1.165) is 22.0 Å². The summed E-state index contributed by atoms with van der Waals surface area (Å²) in [5, 5.41) is 16.0. The minimum atomic E-state index is -1.13. The molecule has 2 aromatic carbocycles. The first-order valence-corrected chi connectivity index (χ1v) is 13.9.